The van der Waals surface area contributed by atoms with Crippen molar-refractivity contribution in [3.63, 3.8) is 0 Å². The van der Waals surface area contributed by atoms with Gasteiger partial charge >= 0.3 is 0 Å². The van der Waals surface area contributed by atoms with E-state index in [1.807, 2.05) is 0 Å². The highest BCUT2D eigenvalue weighted by atomic mass is 15.2. The molecule has 0 aliphatic heterocycles. The Balaban J connectivity index is 3.59. The molecule has 0 aliphatic carbocycles. The summed E-state index contributed by atoms with van der Waals surface area (Å²) in [5, 5.41) is 0. The maximum atomic E-state index is 6.03. The van der Waals surface area contributed by atoms with E-state index >= 15 is 0 Å². The first-order valence-corrected chi connectivity index (χ1v) is 5.18. The van der Waals surface area contributed by atoms with Crippen LogP contribution in [0.3, 0.4) is 0 Å². The summed E-state index contributed by atoms with van der Waals surface area (Å²) in [6.07, 6.45) is 1.20. The van der Waals surface area contributed by atoms with Crippen LogP contribution in [0.4, 0.5) is 0 Å². The number of nitrogens with two attached hydrogens (primary N) is 1. The van der Waals surface area contributed by atoms with Crippen molar-refractivity contribution < 1.29 is 0 Å². The Kier molecular flexibility index (Phi) is 7.09. The van der Waals surface area contributed by atoms with Crippen LogP contribution in [-0.2, 0) is 0 Å². The summed E-state index contributed by atoms with van der Waals surface area (Å²) < 4.78 is 0. The maximum absolute atomic E-state index is 6.03. The Morgan fingerprint density at radius 3 is 1.79 bits per heavy atom. The van der Waals surface area contributed by atoms with Crippen LogP contribution in [0.15, 0.2) is 0 Å². The van der Waals surface area contributed by atoms with Gasteiger partial charge in [0.15, 0.2) is 0 Å². The molecule has 0 amide bonds. The molecule has 1 atom stereocenters. The van der Waals surface area contributed by atoms with E-state index in [1.165, 1.54) is 0 Å². The lowest BCUT2D eigenvalue weighted by atomic mass is 10.3. The van der Waals surface area contributed by atoms with E-state index in [2.05, 4.69) is 49.9 Å². The Morgan fingerprint density at radius 2 is 1.36 bits per heavy atom. The summed E-state index contributed by atoms with van der Waals surface area (Å²) in [4.78, 5) is 6.55. The average molecular weight is 202 g/mol. The molecule has 0 heterocycles. The van der Waals surface area contributed by atoms with Crippen LogP contribution < -0.4 is 5.73 Å². The molecule has 0 aromatic rings. The minimum atomic E-state index is 0.178. The summed E-state index contributed by atoms with van der Waals surface area (Å²) >= 11 is 0. The first-order valence-electron chi connectivity index (χ1n) is 5.18. The smallest absolute Gasteiger partial charge is 0.0581 e. The second-order valence-electron chi connectivity index (χ2n) is 4.44. The van der Waals surface area contributed by atoms with Gasteiger partial charge in [0.1, 0.15) is 0 Å². The summed E-state index contributed by atoms with van der Waals surface area (Å²) in [5.74, 6) is 0. The molecule has 0 saturated carbocycles. The third kappa shape index (κ3) is 7.26. The molecule has 2 N–H and O–H groups in total. The van der Waals surface area contributed by atoms with Gasteiger partial charge in [0, 0.05) is 19.6 Å². The van der Waals surface area contributed by atoms with Crippen molar-refractivity contribution >= 4 is 0 Å². The SMILES string of the molecule is CN(C)CCC(N)N(C)CCN(C)C. The normalized spacial score (nSPS) is 14.4. The van der Waals surface area contributed by atoms with E-state index in [1.54, 1.807) is 0 Å². The van der Waals surface area contributed by atoms with Gasteiger partial charge in [-0.1, -0.05) is 0 Å². The molecule has 4 nitrogen and oxygen atoms in total. The highest BCUT2D eigenvalue weighted by molar-refractivity contribution is 4.64. The third-order valence-electron chi connectivity index (χ3n) is 2.34. The third-order valence-corrected chi connectivity index (χ3v) is 2.34. The van der Waals surface area contributed by atoms with E-state index < -0.39 is 0 Å². The highest BCUT2D eigenvalue weighted by Gasteiger charge is 2.09. The topological polar surface area (TPSA) is 35.7 Å². The molecule has 0 rings (SSSR count). The number of rotatable bonds is 7. The lowest BCUT2D eigenvalue weighted by Crippen LogP contribution is -2.43. The minimum Gasteiger partial charge on any atom is -0.316 e. The number of likely N-dealkylation sites (N-methyl/N-ethyl adjacent to an activating group) is 2. The maximum Gasteiger partial charge on any atom is 0.0581 e. The van der Waals surface area contributed by atoms with E-state index in [9.17, 15) is 0 Å². The highest BCUT2D eigenvalue weighted by Crippen LogP contribution is 1.96. The lowest BCUT2D eigenvalue weighted by Gasteiger charge is -2.26. The summed E-state index contributed by atoms with van der Waals surface area (Å²) in [6, 6.07) is 0. The fourth-order valence-electron chi connectivity index (χ4n) is 1.13. The van der Waals surface area contributed by atoms with Crippen molar-refractivity contribution in [1.82, 2.24) is 14.7 Å². The van der Waals surface area contributed by atoms with Gasteiger partial charge in [0.05, 0.1) is 6.17 Å². The van der Waals surface area contributed by atoms with Crippen molar-refractivity contribution in [2.24, 2.45) is 5.73 Å². The zero-order valence-electron chi connectivity index (χ0n) is 10.3. The van der Waals surface area contributed by atoms with Gasteiger partial charge in [-0.25, -0.2) is 0 Å². The zero-order valence-corrected chi connectivity index (χ0v) is 10.3. The first kappa shape index (κ1) is 13.8. The van der Waals surface area contributed by atoms with Gasteiger partial charge in [-0.05, 0) is 41.7 Å². The van der Waals surface area contributed by atoms with Crippen LogP contribution >= 0.6 is 0 Å². The predicted octanol–water partition coefficient (Wildman–Crippen LogP) is -0.284. The molecule has 86 valence electrons. The van der Waals surface area contributed by atoms with Crippen molar-refractivity contribution in [3.8, 4) is 0 Å². The van der Waals surface area contributed by atoms with E-state index in [-0.39, 0.29) is 6.17 Å². The Hall–Kier alpha value is -0.160. The zero-order chi connectivity index (χ0) is 11.1. The second kappa shape index (κ2) is 7.17. The Labute approximate surface area is 88.6 Å². The second-order valence-corrected chi connectivity index (χ2v) is 4.44. The van der Waals surface area contributed by atoms with Crippen LogP contribution in [-0.4, -0.2) is 75.7 Å². The summed E-state index contributed by atoms with van der Waals surface area (Å²) in [5.41, 5.74) is 6.03. The largest absolute Gasteiger partial charge is 0.316 e. The molecule has 0 radical (unpaired) electrons. The fraction of sp³-hybridized carbons (Fsp3) is 1.00. The molecule has 0 saturated heterocycles. The predicted molar refractivity (Wildman–Crippen MR) is 62.3 cm³/mol. The van der Waals surface area contributed by atoms with Crippen molar-refractivity contribution in [2.75, 3.05) is 54.9 Å². The van der Waals surface area contributed by atoms with E-state index in [4.69, 9.17) is 5.73 Å². The fourth-order valence-corrected chi connectivity index (χ4v) is 1.13. The molecule has 0 fully saturated rings. The standard InChI is InChI=1S/C10H26N4/c1-12(2)7-6-10(11)14(5)9-8-13(3)4/h10H,6-9,11H2,1-5H3. The molecular formula is C10H26N4. The molecule has 0 aromatic heterocycles. The average Bonchev–Trinajstić information content (AvgIpc) is 2.09. The van der Waals surface area contributed by atoms with E-state index in [0.717, 1.165) is 26.1 Å². The molecule has 0 bridgehead atoms. The molecule has 0 spiro atoms. The summed E-state index contributed by atoms with van der Waals surface area (Å²) in [7, 11) is 10.4. The van der Waals surface area contributed by atoms with Crippen LogP contribution in [0.25, 0.3) is 0 Å². The van der Waals surface area contributed by atoms with Gasteiger partial charge < -0.3 is 15.5 Å². The van der Waals surface area contributed by atoms with E-state index in [0.29, 0.717) is 0 Å². The van der Waals surface area contributed by atoms with Crippen molar-refractivity contribution in [1.29, 1.82) is 0 Å². The van der Waals surface area contributed by atoms with Crippen molar-refractivity contribution in [2.45, 2.75) is 12.6 Å². The van der Waals surface area contributed by atoms with Crippen LogP contribution in [0, 0.1) is 0 Å². The molecule has 1 unspecified atom stereocenters. The monoisotopic (exact) mass is 202 g/mol. The number of hydrogen-bond donors (Lipinski definition) is 1. The van der Waals surface area contributed by atoms with Crippen LogP contribution in [0.1, 0.15) is 6.42 Å². The number of hydrogen-bond acceptors (Lipinski definition) is 4. The molecule has 0 aromatic carbocycles. The Morgan fingerprint density at radius 1 is 0.857 bits per heavy atom. The number of nitrogens with zero attached hydrogens (tertiary/aromatic N) is 3. The van der Waals surface area contributed by atoms with Gasteiger partial charge in [-0.3, -0.25) is 4.90 Å². The molecular weight excluding hydrogens is 176 g/mol. The van der Waals surface area contributed by atoms with Crippen molar-refractivity contribution in [3.05, 3.63) is 0 Å². The first-order chi connectivity index (χ1) is 6.43. The van der Waals surface area contributed by atoms with Gasteiger partial charge in [0.2, 0.25) is 0 Å². The van der Waals surface area contributed by atoms with Gasteiger partial charge in [-0.15, -0.1) is 0 Å². The summed E-state index contributed by atoms with van der Waals surface area (Å²) in [6.45, 7) is 3.14. The minimum absolute atomic E-state index is 0.178. The quantitative estimate of drug-likeness (QED) is 0.576. The molecule has 14 heavy (non-hydrogen) atoms. The lowest BCUT2D eigenvalue weighted by molar-refractivity contribution is 0.199. The Bertz CT molecular complexity index is 120. The molecule has 4 heteroatoms. The van der Waals surface area contributed by atoms with Crippen LogP contribution in [0.2, 0.25) is 0 Å². The van der Waals surface area contributed by atoms with Gasteiger partial charge in [0.25, 0.3) is 0 Å². The molecule has 0 aliphatic rings. The van der Waals surface area contributed by atoms with Crippen LogP contribution in [0.5, 0.6) is 0 Å². The van der Waals surface area contributed by atoms with Gasteiger partial charge in [-0.2, -0.15) is 0 Å².